The van der Waals surface area contributed by atoms with Gasteiger partial charge in [0, 0.05) is 38.7 Å². The number of sulfonamides is 1. The lowest BCUT2D eigenvalue weighted by molar-refractivity contribution is -0.119. The zero-order valence-electron chi connectivity index (χ0n) is 20.6. The molecule has 0 atom stereocenters. The van der Waals surface area contributed by atoms with Gasteiger partial charge in [-0.05, 0) is 38.2 Å². The van der Waals surface area contributed by atoms with Crippen LogP contribution in [-0.4, -0.2) is 61.0 Å². The molecule has 1 N–H and O–H groups in total. The number of hydrogen-bond acceptors (Lipinski definition) is 6. The van der Waals surface area contributed by atoms with Crippen molar-refractivity contribution in [3.8, 4) is 5.69 Å². The first-order valence-corrected chi connectivity index (χ1v) is 13.1. The minimum atomic E-state index is -4.24. The topological polar surface area (TPSA) is 109 Å². The lowest BCUT2D eigenvalue weighted by Crippen LogP contribution is -2.42. The number of aromatic nitrogens is 2. The van der Waals surface area contributed by atoms with Crippen LogP contribution in [0.15, 0.2) is 75.5 Å². The second kappa shape index (κ2) is 10.5. The Kier molecular flexibility index (Phi) is 7.41. The number of hydrogen-bond donors (Lipinski definition) is 1. The monoisotopic (exact) mass is 510 g/mol. The molecule has 1 fully saturated rings. The summed E-state index contributed by atoms with van der Waals surface area (Å²) in [5, 5.41) is 4.21. The van der Waals surface area contributed by atoms with E-state index >= 15 is 0 Å². The molecule has 4 rings (SSSR count). The van der Waals surface area contributed by atoms with Crippen LogP contribution in [0.25, 0.3) is 5.69 Å². The summed E-state index contributed by atoms with van der Waals surface area (Å²) in [6.45, 7) is 2.74. The third kappa shape index (κ3) is 5.12. The molecule has 10 nitrogen and oxygen atoms in total. The minimum Gasteiger partial charge on any atom is -0.306 e. The highest BCUT2D eigenvalue weighted by atomic mass is 32.2. The second-order valence-electron chi connectivity index (χ2n) is 8.75. The molecule has 0 unspecified atom stereocenters. The number of anilines is 1. The van der Waals surface area contributed by atoms with Crippen molar-refractivity contribution in [1.29, 1.82) is 0 Å². The lowest BCUT2D eigenvalue weighted by atomic mass is 10.1. The molecule has 2 heterocycles. The molecule has 1 aliphatic heterocycles. The second-order valence-corrected chi connectivity index (χ2v) is 10.6. The third-order valence-corrected chi connectivity index (χ3v) is 8.05. The van der Waals surface area contributed by atoms with Crippen LogP contribution in [0.2, 0.25) is 0 Å². The summed E-state index contributed by atoms with van der Waals surface area (Å²) in [7, 11) is -0.546. The number of rotatable bonds is 7. The van der Waals surface area contributed by atoms with E-state index in [4.69, 9.17) is 0 Å². The number of para-hydroxylation sites is 1. The number of piperidine rings is 1. The molecule has 0 saturated carbocycles. The van der Waals surface area contributed by atoms with Crippen molar-refractivity contribution in [3.63, 3.8) is 0 Å². The highest BCUT2D eigenvalue weighted by Crippen LogP contribution is 2.25. The molecular formula is C25H30N6O4S. The molecule has 11 heteroatoms. The largest absolute Gasteiger partial charge is 0.306 e. The SMILES string of the molecule is Cc1c(N(CC(=O)NN=C2CCN(C)CC2)S(=O)(=O)c2ccccc2)c(=O)n(-c2ccccc2)n1C. The number of likely N-dealkylation sites (tertiary alicyclic amines) is 1. The van der Waals surface area contributed by atoms with Crippen LogP contribution in [0.1, 0.15) is 18.5 Å². The predicted octanol–water partition coefficient (Wildman–Crippen LogP) is 1.88. The maximum atomic E-state index is 13.7. The summed E-state index contributed by atoms with van der Waals surface area (Å²) in [4.78, 5) is 28.7. The van der Waals surface area contributed by atoms with E-state index in [0.29, 0.717) is 11.4 Å². The Labute approximate surface area is 210 Å². The van der Waals surface area contributed by atoms with E-state index in [-0.39, 0.29) is 10.6 Å². The van der Waals surface area contributed by atoms with E-state index < -0.39 is 28.0 Å². The van der Waals surface area contributed by atoms with E-state index in [1.807, 2.05) is 13.1 Å². The minimum absolute atomic E-state index is 0.0201. The van der Waals surface area contributed by atoms with Gasteiger partial charge in [0.15, 0.2) is 0 Å². The van der Waals surface area contributed by atoms with Gasteiger partial charge in [0.05, 0.1) is 16.3 Å². The number of benzene rings is 2. The molecular weight excluding hydrogens is 480 g/mol. The number of carbonyl (C=O) groups is 1. The van der Waals surface area contributed by atoms with Gasteiger partial charge in [-0.25, -0.2) is 22.8 Å². The van der Waals surface area contributed by atoms with Crippen LogP contribution >= 0.6 is 0 Å². The zero-order valence-corrected chi connectivity index (χ0v) is 21.4. The highest BCUT2D eigenvalue weighted by molar-refractivity contribution is 7.92. The van der Waals surface area contributed by atoms with E-state index in [9.17, 15) is 18.0 Å². The Morgan fingerprint density at radius 1 is 1.00 bits per heavy atom. The molecule has 3 aromatic rings. The van der Waals surface area contributed by atoms with Gasteiger partial charge in [-0.3, -0.25) is 14.3 Å². The predicted molar refractivity (Wildman–Crippen MR) is 139 cm³/mol. The average molecular weight is 511 g/mol. The average Bonchev–Trinajstić information content (AvgIpc) is 3.10. The van der Waals surface area contributed by atoms with Gasteiger partial charge in [0.25, 0.3) is 21.5 Å². The maximum Gasteiger partial charge on any atom is 0.296 e. The van der Waals surface area contributed by atoms with Crippen molar-refractivity contribution in [2.45, 2.75) is 24.7 Å². The summed E-state index contributed by atoms with van der Waals surface area (Å²) < 4.78 is 31.3. The van der Waals surface area contributed by atoms with Crippen LogP contribution in [0, 0.1) is 6.92 Å². The van der Waals surface area contributed by atoms with Crippen LogP contribution in [0.5, 0.6) is 0 Å². The van der Waals surface area contributed by atoms with Crippen molar-refractivity contribution < 1.29 is 13.2 Å². The van der Waals surface area contributed by atoms with Crippen molar-refractivity contribution in [1.82, 2.24) is 19.7 Å². The fraction of sp³-hybridized carbons (Fsp3) is 0.320. The summed E-state index contributed by atoms with van der Waals surface area (Å²) in [5.74, 6) is -0.630. The van der Waals surface area contributed by atoms with E-state index in [2.05, 4.69) is 15.4 Å². The maximum absolute atomic E-state index is 13.7. The van der Waals surface area contributed by atoms with Gasteiger partial charge < -0.3 is 4.90 Å². The molecule has 190 valence electrons. The Bertz CT molecular complexity index is 1420. The number of carbonyl (C=O) groups excluding carboxylic acids is 1. The Balaban J connectivity index is 1.74. The molecule has 1 amide bonds. The van der Waals surface area contributed by atoms with E-state index in [1.165, 1.54) is 16.8 Å². The van der Waals surface area contributed by atoms with Gasteiger partial charge in [0.2, 0.25) is 0 Å². The van der Waals surface area contributed by atoms with Crippen molar-refractivity contribution in [3.05, 3.63) is 76.7 Å². The third-order valence-electron chi connectivity index (χ3n) is 6.29. The quantitative estimate of drug-likeness (QED) is 0.488. The zero-order chi connectivity index (χ0) is 25.9. The standard InChI is InChI=1S/C25H30N6O4S/c1-19-24(25(33)31(29(19)3)21-10-6-4-7-11-21)30(36(34,35)22-12-8-5-9-13-22)18-23(32)27-26-20-14-16-28(2)17-15-20/h4-13H,14-18H2,1-3H3,(H,27,32). The lowest BCUT2D eigenvalue weighted by Gasteiger charge is -2.24. The molecule has 0 radical (unpaired) electrons. The van der Waals surface area contributed by atoms with Gasteiger partial charge in [-0.15, -0.1) is 0 Å². The van der Waals surface area contributed by atoms with Crippen LogP contribution < -0.4 is 15.3 Å². The van der Waals surface area contributed by atoms with Crippen LogP contribution in [-0.2, 0) is 21.9 Å². The highest BCUT2D eigenvalue weighted by Gasteiger charge is 2.33. The molecule has 1 aliphatic rings. The molecule has 1 aromatic heterocycles. The Morgan fingerprint density at radius 3 is 2.19 bits per heavy atom. The van der Waals surface area contributed by atoms with Gasteiger partial charge in [-0.2, -0.15) is 5.10 Å². The normalized spacial score (nSPS) is 14.5. The van der Waals surface area contributed by atoms with Gasteiger partial charge >= 0.3 is 0 Å². The number of amides is 1. The molecule has 0 spiro atoms. The van der Waals surface area contributed by atoms with E-state index in [0.717, 1.165) is 35.9 Å². The van der Waals surface area contributed by atoms with Gasteiger partial charge in [0.1, 0.15) is 12.2 Å². The summed E-state index contributed by atoms with van der Waals surface area (Å²) in [5.41, 5.74) is 3.68. The smallest absolute Gasteiger partial charge is 0.296 e. The first kappa shape index (κ1) is 25.4. The molecule has 36 heavy (non-hydrogen) atoms. The first-order valence-electron chi connectivity index (χ1n) is 11.6. The molecule has 1 saturated heterocycles. The summed E-state index contributed by atoms with van der Waals surface area (Å²) >= 11 is 0. The fourth-order valence-corrected chi connectivity index (χ4v) is 5.63. The molecule has 0 aliphatic carbocycles. The fourth-order valence-electron chi connectivity index (χ4n) is 4.14. The van der Waals surface area contributed by atoms with Gasteiger partial charge in [-0.1, -0.05) is 36.4 Å². The van der Waals surface area contributed by atoms with Crippen molar-refractivity contribution in [2.75, 3.05) is 31.0 Å². The van der Waals surface area contributed by atoms with Crippen molar-refractivity contribution in [2.24, 2.45) is 12.1 Å². The van der Waals surface area contributed by atoms with Crippen LogP contribution in [0.4, 0.5) is 5.69 Å². The first-order chi connectivity index (χ1) is 17.2. The number of nitrogens with one attached hydrogen (secondary N) is 1. The number of hydrazone groups is 1. The Morgan fingerprint density at radius 2 is 1.58 bits per heavy atom. The Hall–Kier alpha value is -3.70. The molecule has 2 aromatic carbocycles. The summed E-state index contributed by atoms with van der Waals surface area (Å²) in [6.07, 6.45) is 1.45. The summed E-state index contributed by atoms with van der Waals surface area (Å²) in [6, 6.07) is 16.7. The molecule has 0 bridgehead atoms. The van der Waals surface area contributed by atoms with E-state index in [1.54, 1.807) is 61.1 Å². The number of nitrogens with zero attached hydrogens (tertiary/aromatic N) is 5. The van der Waals surface area contributed by atoms with Crippen LogP contribution in [0.3, 0.4) is 0 Å². The van der Waals surface area contributed by atoms with Crippen molar-refractivity contribution >= 4 is 27.3 Å².